The van der Waals surface area contributed by atoms with Crippen molar-refractivity contribution in [3.63, 3.8) is 0 Å². The number of hydrogen-bond acceptors (Lipinski definition) is 5. The fourth-order valence-corrected chi connectivity index (χ4v) is 4.55. The zero-order valence-electron chi connectivity index (χ0n) is 19.5. The number of carbonyl (C=O) groups is 2. The summed E-state index contributed by atoms with van der Waals surface area (Å²) in [5.41, 5.74) is 1.16. The first-order valence-corrected chi connectivity index (χ1v) is 11.6. The van der Waals surface area contributed by atoms with Gasteiger partial charge in [-0.1, -0.05) is 26.0 Å². The molecule has 1 aliphatic rings. The van der Waals surface area contributed by atoms with Crippen LogP contribution in [0, 0.1) is 17.8 Å². The number of aromatic nitrogens is 4. The summed E-state index contributed by atoms with van der Waals surface area (Å²) in [6, 6.07) is 7.28. The summed E-state index contributed by atoms with van der Waals surface area (Å²) < 4.78 is 1.63. The minimum atomic E-state index is -0.148. The standard InChI is InChI=1S/C25H31N5O3/c1-16(2)18(12-22-27-21-7-5-4-6-20(21)25(33)28-22)13-23(31)30-10-8-17(9-11-30)24(32)19-14-26-29(3)15-19/h4-7,14-18H,8-13H2,1-3H3,(H,27,28,33)/t18-/m0/s1. The van der Waals surface area contributed by atoms with Crippen LogP contribution >= 0.6 is 0 Å². The summed E-state index contributed by atoms with van der Waals surface area (Å²) >= 11 is 0. The predicted molar refractivity (Wildman–Crippen MR) is 126 cm³/mol. The third-order valence-electron chi connectivity index (χ3n) is 6.70. The van der Waals surface area contributed by atoms with Crippen molar-refractivity contribution >= 4 is 22.6 Å². The molecule has 3 heterocycles. The Balaban J connectivity index is 1.37. The Kier molecular flexibility index (Phi) is 6.72. The first-order valence-electron chi connectivity index (χ1n) is 11.6. The number of nitrogens with one attached hydrogen (secondary N) is 1. The number of benzene rings is 1. The van der Waals surface area contributed by atoms with E-state index in [-0.39, 0.29) is 35.0 Å². The Bertz CT molecular complexity index is 1200. The monoisotopic (exact) mass is 449 g/mol. The number of ketones is 1. The highest BCUT2D eigenvalue weighted by atomic mass is 16.2. The van der Waals surface area contributed by atoms with Gasteiger partial charge in [0.1, 0.15) is 5.82 Å². The molecule has 2 aromatic heterocycles. The largest absolute Gasteiger partial charge is 0.343 e. The molecule has 1 atom stereocenters. The molecule has 4 rings (SSSR count). The Morgan fingerprint density at radius 1 is 1.18 bits per heavy atom. The van der Waals surface area contributed by atoms with E-state index in [2.05, 4.69) is 28.9 Å². The molecule has 1 aromatic carbocycles. The van der Waals surface area contributed by atoms with Crippen LogP contribution in [0.2, 0.25) is 0 Å². The van der Waals surface area contributed by atoms with Gasteiger partial charge >= 0.3 is 0 Å². The summed E-state index contributed by atoms with van der Waals surface area (Å²) in [6.45, 7) is 5.36. The van der Waals surface area contributed by atoms with Crippen molar-refractivity contribution in [2.75, 3.05) is 13.1 Å². The van der Waals surface area contributed by atoms with Gasteiger partial charge < -0.3 is 9.88 Å². The van der Waals surface area contributed by atoms with Crippen molar-refractivity contribution < 1.29 is 9.59 Å². The number of aromatic amines is 1. The molecule has 3 aromatic rings. The average Bonchev–Trinajstić information content (AvgIpc) is 3.24. The molecule has 0 aliphatic carbocycles. The molecule has 8 heteroatoms. The van der Waals surface area contributed by atoms with E-state index < -0.39 is 0 Å². The van der Waals surface area contributed by atoms with E-state index in [0.29, 0.717) is 61.1 Å². The second-order valence-corrected chi connectivity index (χ2v) is 9.36. The van der Waals surface area contributed by atoms with Crippen LogP contribution in [-0.2, 0) is 18.3 Å². The topological polar surface area (TPSA) is 101 Å². The average molecular weight is 450 g/mol. The molecule has 0 bridgehead atoms. The lowest BCUT2D eigenvalue weighted by atomic mass is 9.87. The van der Waals surface area contributed by atoms with Gasteiger partial charge in [-0.3, -0.25) is 19.1 Å². The van der Waals surface area contributed by atoms with Crippen LogP contribution in [0.15, 0.2) is 41.5 Å². The van der Waals surface area contributed by atoms with Gasteiger partial charge in [0.15, 0.2) is 5.78 Å². The van der Waals surface area contributed by atoms with Gasteiger partial charge in [0.05, 0.1) is 22.7 Å². The molecule has 1 saturated heterocycles. The minimum Gasteiger partial charge on any atom is -0.343 e. The van der Waals surface area contributed by atoms with Gasteiger partial charge in [0.25, 0.3) is 5.56 Å². The van der Waals surface area contributed by atoms with Crippen LogP contribution < -0.4 is 5.56 Å². The number of hydrogen-bond donors (Lipinski definition) is 1. The summed E-state index contributed by atoms with van der Waals surface area (Å²) in [5.74, 6) is 1.09. The van der Waals surface area contributed by atoms with E-state index >= 15 is 0 Å². The van der Waals surface area contributed by atoms with E-state index in [9.17, 15) is 14.4 Å². The number of fused-ring (bicyclic) bond motifs is 1. The fourth-order valence-electron chi connectivity index (χ4n) is 4.55. The van der Waals surface area contributed by atoms with Gasteiger partial charge in [-0.05, 0) is 36.8 Å². The summed E-state index contributed by atoms with van der Waals surface area (Å²) in [6.07, 6.45) is 5.64. The number of Topliss-reactive ketones (excluding diaryl/α,β-unsaturated/α-hetero) is 1. The number of para-hydroxylation sites is 1. The molecule has 1 N–H and O–H groups in total. The number of aryl methyl sites for hydroxylation is 1. The first-order chi connectivity index (χ1) is 15.8. The van der Waals surface area contributed by atoms with Crippen molar-refractivity contribution in [3.8, 4) is 0 Å². The van der Waals surface area contributed by atoms with Gasteiger partial charge in [-0.25, -0.2) is 4.98 Å². The van der Waals surface area contributed by atoms with Gasteiger partial charge in [0.2, 0.25) is 5.91 Å². The van der Waals surface area contributed by atoms with Crippen LogP contribution in [0.5, 0.6) is 0 Å². The second kappa shape index (κ2) is 9.68. The molecule has 0 saturated carbocycles. The maximum atomic E-state index is 13.1. The number of H-pyrrole nitrogens is 1. The Hall–Kier alpha value is -3.29. The molecule has 33 heavy (non-hydrogen) atoms. The molecular formula is C25H31N5O3. The molecule has 1 fully saturated rings. The van der Waals surface area contributed by atoms with Crippen molar-refractivity contribution in [2.45, 2.75) is 39.5 Å². The highest BCUT2D eigenvalue weighted by Gasteiger charge is 2.30. The predicted octanol–water partition coefficient (Wildman–Crippen LogP) is 2.98. The Morgan fingerprint density at radius 2 is 1.91 bits per heavy atom. The molecule has 0 spiro atoms. The number of carbonyl (C=O) groups excluding carboxylic acids is 2. The van der Waals surface area contributed by atoms with E-state index in [1.807, 2.05) is 23.1 Å². The van der Waals surface area contributed by atoms with Crippen LogP contribution in [0.1, 0.15) is 49.3 Å². The van der Waals surface area contributed by atoms with Crippen LogP contribution in [0.3, 0.4) is 0 Å². The third kappa shape index (κ3) is 5.21. The van der Waals surface area contributed by atoms with Crippen molar-refractivity contribution in [2.24, 2.45) is 24.8 Å². The van der Waals surface area contributed by atoms with Gasteiger partial charge in [-0.15, -0.1) is 0 Å². The molecular weight excluding hydrogens is 418 g/mol. The number of nitrogens with zero attached hydrogens (tertiary/aromatic N) is 4. The highest BCUT2D eigenvalue weighted by Crippen LogP contribution is 2.25. The quantitative estimate of drug-likeness (QED) is 0.559. The number of likely N-dealkylation sites (tertiary alicyclic amines) is 1. The van der Waals surface area contributed by atoms with Crippen molar-refractivity contribution in [1.82, 2.24) is 24.6 Å². The smallest absolute Gasteiger partial charge is 0.258 e. The summed E-state index contributed by atoms with van der Waals surface area (Å²) in [5, 5.41) is 4.66. The molecule has 1 aliphatic heterocycles. The van der Waals surface area contributed by atoms with Crippen molar-refractivity contribution in [3.05, 3.63) is 58.4 Å². The summed E-state index contributed by atoms with van der Waals surface area (Å²) in [7, 11) is 1.80. The number of piperidine rings is 1. The minimum absolute atomic E-state index is 0.0639. The normalized spacial score (nSPS) is 15.8. The van der Waals surface area contributed by atoms with E-state index in [1.165, 1.54) is 0 Å². The van der Waals surface area contributed by atoms with E-state index in [4.69, 9.17) is 0 Å². The van der Waals surface area contributed by atoms with Crippen LogP contribution in [0.25, 0.3) is 10.9 Å². The molecule has 174 valence electrons. The SMILES string of the molecule is CC(C)[C@H](CC(=O)N1CCC(C(=O)c2cnn(C)c2)CC1)Cc1nc2ccccc2c(=O)[nH]1. The zero-order chi connectivity index (χ0) is 23.5. The molecule has 1 amide bonds. The fraction of sp³-hybridized carbons (Fsp3) is 0.480. The molecule has 0 unspecified atom stereocenters. The van der Waals surface area contributed by atoms with Gasteiger partial charge in [0, 0.05) is 45.1 Å². The Morgan fingerprint density at radius 3 is 2.58 bits per heavy atom. The highest BCUT2D eigenvalue weighted by molar-refractivity contribution is 5.97. The number of amides is 1. The van der Waals surface area contributed by atoms with Crippen LogP contribution in [-0.4, -0.2) is 49.4 Å². The first kappa shape index (κ1) is 22.9. The molecule has 8 nitrogen and oxygen atoms in total. The maximum Gasteiger partial charge on any atom is 0.258 e. The molecule has 0 radical (unpaired) electrons. The lowest BCUT2D eigenvalue weighted by Crippen LogP contribution is -2.41. The maximum absolute atomic E-state index is 13.1. The third-order valence-corrected chi connectivity index (χ3v) is 6.70. The van der Waals surface area contributed by atoms with Crippen molar-refractivity contribution in [1.29, 1.82) is 0 Å². The Labute approximate surface area is 193 Å². The lowest BCUT2D eigenvalue weighted by Gasteiger charge is -2.32. The van der Waals surface area contributed by atoms with E-state index in [1.54, 1.807) is 30.2 Å². The lowest BCUT2D eigenvalue weighted by molar-refractivity contribution is -0.133. The second-order valence-electron chi connectivity index (χ2n) is 9.36. The number of rotatable bonds is 7. The van der Waals surface area contributed by atoms with E-state index in [0.717, 1.165) is 0 Å². The summed E-state index contributed by atoms with van der Waals surface area (Å²) in [4.78, 5) is 47.5. The van der Waals surface area contributed by atoms with Crippen LogP contribution in [0.4, 0.5) is 0 Å². The van der Waals surface area contributed by atoms with Gasteiger partial charge in [-0.2, -0.15) is 5.10 Å². The zero-order valence-corrected chi connectivity index (χ0v) is 19.5.